The highest BCUT2D eigenvalue weighted by molar-refractivity contribution is 4.86. The largest absolute Gasteiger partial charge is 0.300 e. The van der Waals surface area contributed by atoms with Crippen molar-refractivity contribution in [1.29, 1.82) is 0 Å². The maximum atomic E-state index is 2.74. The molecule has 0 aromatic rings. The third-order valence-electron chi connectivity index (χ3n) is 3.73. The molecule has 2 rings (SSSR count). The second kappa shape index (κ2) is 5.75. The summed E-state index contributed by atoms with van der Waals surface area (Å²) >= 11 is 0. The lowest BCUT2D eigenvalue weighted by Gasteiger charge is -2.45. The second-order valence-electron chi connectivity index (χ2n) is 4.86. The first kappa shape index (κ1) is 12.0. The molecule has 0 bridgehead atoms. The maximum Gasteiger partial charge on any atom is 0.0121 e. The monoisotopic (exact) mass is 197 g/mol. The highest BCUT2D eigenvalue weighted by Crippen LogP contribution is 2.32. The van der Waals surface area contributed by atoms with Crippen LogP contribution in [0.2, 0.25) is 0 Å². The van der Waals surface area contributed by atoms with E-state index in [0.29, 0.717) is 0 Å². The molecule has 0 saturated carbocycles. The Morgan fingerprint density at radius 3 is 2.43 bits per heavy atom. The highest BCUT2D eigenvalue weighted by atomic mass is 15.2. The van der Waals surface area contributed by atoms with Crippen molar-refractivity contribution in [2.45, 2.75) is 59.4 Å². The number of hydrogen-bond donors (Lipinski definition) is 0. The van der Waals surface area contributed by atoms with Crippen LogP contribution in [0.5, 0.6) is 0 Å². The molecular formula is C13H27N. The van der Waals surface area contributed by atoms with Crippen molar-refractivity contribution in [2.24, 2.45) is 11.8 Å². The molecule has 3 unspecified atom stereocenters. The molecule has 0 radical (unpaired) electrons. The summed E-state index contributed by atoms with van der Waals surface area (Å²) in [4.78, 5) is 2.74. The van der Waals surface area contributed by atoms with Crippen LogP contribution in [-0.2, 0) is 0 Å². The summed E-state index contributed by atoms with van der Waals surface area (Å²) in [7, 11) is 0. The van der Waals surface area contributed by atoms with E-state index in [0.717, 1.165) is 17.9 Å². The van der Waals surface area contributed by atoms with Crippen molar-refractivity contribution < 1.29 is 0 Å². The molecule has 2 heterocycles. The van der Waals surface area contributed by atoms with Crippen LogP contribution in [0.3, 0.4) is 0 Å². The van der Waals surface area contributed by atoms with Gasteiger partial charge >= 0.3 is 0 Å². The van der Waals surface area contributed by atoms with Gasteiger partial charge in [0, 0.05) is 12.6 Å². The fourth-order valence-corrected chi connectivity index (χ4v) is 2.98. The fourth-order valence-electron chi connectivity index (χ4n) is 2.98. The molecule has 3 atom stereocenters. The molecule has 0 spiro atoms. The average molecular weight is 197 g/mol. The molecule has 14 heavy (non-hydrogen) atoms. The Balaban J connectivity index is 0.000000461. The van der Waals surface area contributed by atoms with Gasteiger partial charge in [0.2, 0.25) is 0 Å². The van der Waals surface area contributed by atoms with Crippen LogP contribution in [0.4, 0.5) is 0 Å². The van der Waals surface area contributed by atoms with Gasteiger partial charge in [-0.1, -0.05) is 27.7 Å². The lowest BCUT2D eigenvalue weighted by molar-refractivity contribution is 0.0448. The van der Waals surface area contributed by atoms with Crippen LogP contribution in [0.15, 0.2) is 0 Å². The van der Waals surface area contributed by atoms with Crippen molar-refractivity contribution in [2.75, 3.05) is 13.1 Å². The van der Waals surface area contributed by atoms with Crippen LogP contribution in [0.25, 0.3) is 0 Å². The standard InChI is InChI=1S/C11H21N.C2H6/c1-9-5-6-11-10(2)4-3-7-12(11)8-9;1-2/h9-11H,3-8H2,1-2H3;1-2H3. The molecule has 1 nitrogen and oxygen atoms in total. The van der Waals surface area contributed by atoms with E-state index < -0.39 is 0 Å². The number of nitrogens with zero attached hydrogens (tertiary/aromatic N) is 1. The summed E-state index contributed by atoms with van der Waals surface area (Å²) in [5.74, 6) is 1.91. The average Bonchev–Trinajstić information content (AvgIpc) is 2.21. The number of piperidine rings is 2. The highest BCUT2D eigenvalue weighted by Gasteiger charge is 2.32. The molecule has 2 fully saturated rings. The Morgan fingerprint density at radius 1 is 1.00 bits per heavy atom. The molecule has 2 saturated heterocycles. The molecule has 0 N–H and O–H groups in total. The summed E-state index contributed by atoms with van der Waals surface area (Å²) in [6.07, 6.45) is 5.83. The normalized spacial score (nSPS) is 38.1. The van der Waals surface area contributed by atoms with Gasteiger partial charge in [-0.05, 0) is 44.1 Å². The van der Waals surface area contributed by atoms with Crippen molar-refractivity contribution in [1.82, 2.24) is 4.90 Å². The third kappa shape index (κ3) is 2.73. The predicted molar refractivity (Wildman–Crippen MR) is 63.5 cm³/mol. The molecule has 0 amide bonds. The van der Waals surface area contributed by atoms with Crippen LogP contribution in [0.1, 0.15) is 53.4 Å². The molecular weight excluding hydrogens is 170 g/mol. The topological polar surface area (TPSA) is 3.24 Å². The minimum atomic E-state index is 0.940. The van der Waals surface area contributed by atoms with Crippen LogP contribution in [-0.4, -0.2) is 24.0 Å². The zero-order chi connectivity index (χ0) is 10.6. The maximum absolute atomic E-state index is 2.74. The van der Waals surface area contributed by atoms with Gasteiger partial charge in [-0.15, -0.1) is 0 Å². The molecule has 2 aliphatic rings. The van der Waals surface area contributed by atoms with Gasteiger partial charge < -0.3 is 0 Å². The van der Waals surface area contributed by atoms with E-state index >= 15 is 0 Å². The van der Waals surface area contributed by atoms with Crippen molar-refractivity contribution in [3.8, 4) is 0 Å². The van der Waals surface area contributed by atoms with Gasteiger partial charge in [-0.3, -0.25) is 4.90 Å². The molecule has 0 aliphatic carbocycles. The van der Waals surface area contributed by atoms with Crippen molar-refractivity contribution in [3.63, 3.8) is 0 Å². The van der Waals surface area contributed by atoms with Crippen molar-refractivity contribution in [3.05, 3.63) is 0 Å². The van der Waals surface area contributed by atoms with E-state index in [1.165, 1.54) is 38.8 Å². The minimum absolute atomic E-state index is 0.940. The van der Waals surface area contributed by atoms with E-state index in [4.69, 9.17) is 0 Å². The van der Waals surface area contributed by atoms with Crippen molar-refractivity contribution >= 4 is 0 Å². The summed E-state index contributed by atoms with van der Waals surface area (Å²) in [6, 6.07) is 0.940. The number of rotatable bonds is 0. The summed E-state index contributed by atoms with van der Waals surface area (Å²) in [5.41, 5.74) is 0. The Morgan fingerprint density at radius 2 is 1.71 bits per heavy atom. The summed E-state index contributed by atoms with van der Waals surface area (Å²) in [5, 5.41) is 0. The Bertz CT molecular complexity index is 155. The van der Waals surface area contributed by atoms with Gasteiger partial charge in [0.05, 0.1) is 0 Å². The molecule has 0 aromatic carbocycles. The molecule has 2 aliphatic heterocycles. The lowest BCUT2D eigenvalue weighted by atomic mass is 9.82. The van der Waals surface area contributed by atoms with Gasteiger partial charge in [-0.25, -0.2) is 0 Å². The zero-order valence-electron chi connectivity index (χ0n) is 10.4. The second-order valence-corrected chi connectivity index (χ2v) is 4.86. The quantitative estimate of drug-likeness (QED) is 0.574. The zero-order valence-corrected chi connectivity index (χ0v) is 10.4. The molecule has 1 heteroatoms. The van der Waals surface area contributed by atoms with E-state index in [-0.39, 0.29) is 0 Å². The smallest absolute Gasteiger partial charge is 0.0121 e. The number of fused-ring (bicyclic) bond motifs is 1. The van der Waals surface area contributed by atoms with Gasteiger partial charge in [-0.2, -0.15) is 0 Å². The van der Waals surface area contributed by atoms with Gasteiger partial charge in [0.15, 0.2) is 0 Å². The predicted octanol–water partition coefficient (Wildman–Crippen LogP) is 3.54. The van der Waals surface area contributed by atoms with E-state index in [9.17, 15) is 0 Å². The first-order valence-electron chi connectivity index (χ1n) is 6.51. The Kier molecular flexibility index (Phi) is 4.94. The van der Waals surface area contributed by atoms with Crippen LogP contribution in [0, 0.1) is 11.8 Å². The first-order valence-corrected chi connectivity index (χ1v) is 6.51. The first-order chi connectivity index (χ1) is 6.77. The van der Waals surface area contributed by atoms with E-state index in [1.807, 2.05) is 13.8 Å². The van der Waals surface area contributed by atoms with E-state index in [2.05, 4.69) is 18.7 Å². The summed E-state index contributed by atoms with van der Waals surface area (Å²) in [6.45, 7) is 11.6. The Hall–Kier alpha value is -0.0400. The number of hydrogen-bond acceptors (Lipinski definition) is 1. The van der Waals surface area contributed by atoms with Crippen LogP contribution >= 0.6 is 0 Å². The summed E-state index contributed by atoms with van der Waals surface area (Å²) < 4.78 is 0. The third-order valence-corrected chi connectivity index (χ3v) is 3.73. The van der Waals surface area contributed by atoms with E-state index in [1.54, 1.807) is 0 Å². The lowest BCUT2D eigenvalue weighted by Crippen LogP contribution is -2.49. The minimum Gasteiger partial charge on any atom is -0.300 e. The Labute approximate surface area is 89.9 Å². The molecule has 0 aromatic heterocycles. The fraction of sp³-hybridized carbons (Fsp3) is 1.00. The van der Waals surface area contributed by atoms with Crippen LogP contribution < -0.4 is 0 Å². The SMILES string of the molecule is CC.CC1CCC2C(C)CCCN2C1. The van der Waals surface area contributed by atoms with Gasteiger partial charge in [0.1, 0.15) is 0 Å². The van der Waals surface area contributed by atoms with Gasteiger partial charge in [0.25, 0.3) is 0 Å². The molecule has 84 valence electrons.